The minimum atomic E-state index is 0.119. The van der Waals surface area contributed by atoms with E-state index in [1.165, 1.54) is 36.0 Å². The molecule has 1 aromatic rings. The van der Waals surface area contributed by atoms with E-state index in [4.69, 9.17) is 0 Å². The average molecular weight is 274 g/mol. The van der Waals surface area contributed by atoms with Crippen LogP contribution in [0.25, 0.3) is 0 Å². The standard InChI is InChI=1S/C17H26N2O/c1-12(2)19-17(20)9-10-18-13(3)15-8-7-14-5-4-6-16(14)11-15/h7-8,11-13,18H,4-6,9-10H2,1-3H3,(H,19,20). The van der Waals surface area contributed by atoms with Gasteiger partial charge in [0.2, 0.25) is 5.91 Å². The van der Waals surface area contributed by atoms with Gasteiger partial charge >= 0.3 is 0 Å². The van der Waals surface area contributed by atoms with Gasteiger partial charge in [-0.3, -0.25) is 4.79 Å². The molecular formula is C17H26N2O. The maximum absolute atomic E-state index is 11.6. The summed E-state index contributed by atoms with van der Waals surface area (Å²) in [7, 11) is 0. The van der Waals surface area contributed by atoms with Crippen molar-refractivity contribution in [1.82, 2.24) is 10.6 Å². The predicted octanol–water partition coefficient (Wildman–Crippen LogP) is 2.74. The molecule has 20 heavy (non-hydrogen) atoms. The van der Waals surface area contributed by atoms with E-state index in [0.29, 0.717) is 12.5 Å². The third-order valence-corrected chi connectivity index (χ3v) is 3.87. The Labute approximate surface area is 122 Å². The molecule has 2 rings (SSSR count). The molecule has 3 heteroatoms. The Morgan fingerprint density at radius 1 is 1.20 bits per heavy atom. The van der Waals surface area contributed by atoms with Crippen LogP contribution in [0.15, 0.2) is 18.2 Å². The summed E-state index contributed by atoms with van der Waals surface area (Å²) in [6.45, 7) is 6.85. The number of carbonyl (C=O) groups is 1. The van der Waals surface area contributed by atoms with E-state index in [1.807, 2.05) is 13.8 Å². The van der Waals surface area contributed by atoms with Crippen LogP contribution in [0.3, 0.4) is 0 Å². The molecule has 1 aliphatic rings. The number of hydrogen-bond donors (Lipinski definition) is 2. The number of hydrogen-bond acceptors (Lipinski definition) is 2. The zero-order valence-electron chi connectivity index (χ0n) is 12.8. The summed E-state index contributed by atoms with van der Waals surface area (Å²) in [5, 5.41) is 6.34. The van der Waals surface area contributed by atoms with Gasteiger partial charge in [-0.15, -0.1) is 0 Å². The Morgan fingerprint density at radius 2 is 1.95 bits per heavy atom. The van der Waals surface area contributed by atoms with Crippen molar-refractivity contribution in [1.29, 1.82) is 0 Å². The second-order valence-corrected chi connectivity index (χ2v) is 6.03. The highest BCUT2D eigenvalue weighted by Crippen LogP contribution is 2.25. The molecule has 0 saturated heterocycles. The van der Waals surface area contributed by atoms with Gasteiger partial charge in [-0.05, 0) is 56.7 Å². The van der Waals surface area contributed by atoms with Gasteiger partial charge in [0.25, 0.3) is 0 Å². The molecule has 0 fully saturated rings. The quantitative estimate of drug-likeness (QED) is 0.837. The first kappa shape index (κ1) is 15.0. The van der Waals surface area contributed by atoms with Crippen molar-refractivity contribution >= 4 is 5.91 Å². The molecule has 1 aliphatic carbocycles. The molecule has 3 nitrogen and oxygen atoms in total. The van der Waals surface area contributed by atoms with E-state index < -0.39 is 0 Å². The third kappa shape index (κ3) is 4.07. The summed E-state index contributed by atoms with van der Waals surface area (Å²) >= 11 is 0. The molecule has 110 valence electrons. The van der Waals surface area contributed by atoms with E-state index in [1.54, 1.807) is 0 Å². The van der Waals surface area contributed by atoms with E-state index >= 15 is 0 Å². The molecule has 0 bridgehead atoms. The minimum absolute atomic E-state index is 0.119. The first-order chi connectivity index (χ1) is 9.56. The molecule has 1 atom stereocenters. The van der Waals surface area contributed by atoms with Gasteiger partial charge in [-0.2, -0.15) is 0 Å². The first-order valence-electron chi connectivity index (χ1n) is 7.70. The zero-order valence-corrected chi connectivity index (χ0v) is 12.8. The van der Waals surface area contributed by atoms with Gasteiger partial charge < -0.3 is 10.6 Å². The minimum Gasteiger partial charge on any atom is -0.354 e. The lowest BCUT2D eigenvalue weighted by atomic mass is 10.0. The van der Waals surface area contributed by atoms with Crippen molar-refractivity contribution in [3.8, 4) is 0 Å². The van der Waals surface area contributed by atoms with Crippen LogP contribution < -0.4 is 10.6 Å². The summed E-state index contributed by atoms with van der Waals surface area (Å²) in [5.41, 5.74) is 4.35. The monoisotopic (exact) mass is 274 g/mol. The molecule has 1 amide bonds. The Hall–Kier alpha value is -1.35. The fourth-order valence-corrected chi connectivity index (χ4v) is 2.78. The molecule has 0 aliphatic heterocycles. The lowest BCUT2D eigenvalue weighted by Crippen LogP contribution is -2.33. The smallest absolute Gasteiger partial charge is 0.221 e. The van der Waals surface area contributed by atoms with Crippen LogP contribution in [0.5, 0.6) is 0 Å². The van der Waals surface area contributed by atoms with Crippen LogP contribution in [-0.4, -0.2) is 18.5 Å². The second-order valence-electron chi connectivity index (χ2n) is 6.03. The van der Waals surface area contributed by atoms with Gasteiger partial charge in [-0.1, -0.05) is 18.2 Å². The third-order valence-electron chi connectivity index (χ3n) is 3.87. The van der Waals surface area contributed by atoms with Crippen molar-refractivity contribution in [2.75, 3.05) is 6.54 Å². The summed E-state index contributed by atoms with van der Waals surface area (Å²) in [5.74, 6) is 0.119. The summed E-state index contributed by atoms with van der Waals surface area (Å²) < 4.78 is 0. The Morgan fingerprint density at radius 3 is 2.70 bits per heavy atom. The zero-order chi connectivity index (χ0) is 14.5. The van der Waals surface area contributed by atoms with Crippen molar-refractivity contribution in [3.63, 3.8) is 0 Å². The highest BCUT2D eigenvalue weighted by Gasteiger charge is 2.13. The van der Waals surface area contributed by atoms with Crippen LogP contribution in [0.4, 0.5) is 0 Å². The largest absolute Gasteiger partial charge is 0.354 e. The van der Waals surface area contributed by atoms with Crippen LogP contribution in [-0.2, 0) is 17.6 Å². The lowest BCUT2D eigenvalue weighted by Gasteiger charge is -2.16. The van der Waals surface area contributed by atoms with Crippen molar-refractivity contribution in [2.24, 2.45) is 0 Å². The van der Waals surface area contributed by atoms with E-state index in [9.17, 15) is 4.79 Å². The SMILES string of the molecule is CC(C)NC(=O)CCNC(C)c1ccc2c(c1)CCC2. The van der Waals surface area contributed by atoms with Gasteiger partial charge in [0.1, 0.15) is 0 Å². The van der Waals surface area contributed by atoms with E-state index in [0.717, 1.165) is 6.54 Å². The normalized spacial score (nSPS) is 15.2. The van der Waals surface area contributed by atoms with Gasteiger partial charge in [0.05, 0.1) is 0 Å². The molecule has 0 saturated carbocycles. The molecular weight excluding hydrogens is 248 g/mol. The molecule has 0 aromatic heterocycles. The maximum Gasteiger partial charge on any atom is 0.221 e. The number of rotatable bonds is 6. The Bertz CT molecular complexity index is 468. The molecule has 2 N–H and O–H groups in total. The van der Waals surface area contributed by atoms with E-state index in [-0.39, 0.29) is 11.9 Å². The summed E-state index contributed by atoms with van der Waals surface area (Å²) in [4.78, 5) is 11.6. The second kappa shape index (κ2) is 6.89. The highest BCUT2D eigenvalue weighted by atomic mass is 16.1. The summed E-state index contributed by atoms with van der Waals surface area (Å²) in [6.07, 6.45) is 4.27. The number of carbonyl (C=O) groups excluding carboxylic acids is 1. The fraction of sp³-hybridized carbons (Fsp3) is 0.588. The van der Waals surface area contributed by atoms with E-state index in [2.05, 4.69) is 35.8 Å². The van der Waals surface area contributed by atoms with Crippen LogP contribution >= 0.6 is 0 Å². The van der Waals surface area contributed by atoms with Crippen molar-refractivity contribution in [2.45, 2.75) is 58.5 Å². The first-order valence-corrected chi connectivity index (χ1v) is 7.70. The fourth-order valence-electron chi connectivity index (χ4n) is 2.78. The highest BCUT2D eigenvalue weighted by molar-refractivity contribution is 5.76. The Balaban J connectivity index is 1.80. The molecule has 0 heterocycles. The van der Waals surface area contributed by atoms with Crippen LogP contribution in [0.1, 0.15) is 56.3 Å². The molecule has 1 unspecified atom stereocenters. The number of amides is 1. The number of aryl methyl sites for hydroxylation is 2. The van der Waals surface area contributed by atoms with Crippen molar-refractivity contribution < 1.29 is 4.79 Å². The lowest BCUT2D eigenvalue weighted by molar-refractivity contribution is -0.121. The number of fused-ring (bicyclic) bond motifs is 1. The van der Waals surface area contributed by atoms with Crippen LogP contribution in [0.2, 0.25) is 0 Å². The van der Waals surface area contributed by atoms with Crippen LogP contribution in [0, 0.1) is 0 Å². The molecule has 0 spiro atoms. The van der Waals surface area contributed by atoms with Crippen molar-refractivity contribution in [3.05, 3.63) is 34.9 Å². The number of benzene rings is 1. The van der Waals surface area contributed by atoms with Gasteiger partial charge in [0.15, 0.2) is 0 Å². The molecule has 1 aromatic carbocycles. The topological polar surface area (TPSA) is 41.1 Å². The molecule has 0 radical (unpaired) electrons. The van der Waals surface area contributed by atoms with Gasteiger partial charge in [-0.25, -0.2) is 0 Å². The number of nitrogens with one attached hydrogen (secondary N) is 2. The Kier molecular flexibility index (Phi) is 5.18. The predicted molar refractivity (Wildman–Crippen MR) is 82.8 cm³/mol. The van der Waals surface area contributed by atoms with Gasteiger partial charge in [0, 0.05) is 25.0 Å². The average Bonchev–Trinajstić information content (AvgIpc) is 2.84. The maximum atomic E-state index is 11.6. The summed E-state index contributed by atoms with van der Waals surface area (Å²) in [6, 6.07) is 7.33.